The predicted octanol–water partition coefficient (Wildman–Crippen LogP) is 1.33. The van der Waals surface area contributed by atoms with E-state index in [0.29, 0.717) is 23.7 Å². The van der Waals surface area contributed by atoms with Gasteiger partial charge in [0.25, 0.3) is 0 Å². The molecule has 14 heavy (non-hydrogen) atoms. The van der Waals surface area contributed by atoms with Crippen LogP contribution in [0.1, 0.15) is 10.4 Å². The number of hydrogen-bond acceptors (Lipinski definition) is 3. The van der Waals surface area contributed by atoms with E-state index in [4.69, 9.17) is 16.7 Å². The Bertz CT molecular complexity index is 361. The normalized spacial score (nSPS) is 16.6. The number of aliphatic hydroxyl groups is 1. The van der Waals surface area contributed by atoms with Crippen LogP contribution in [0.15, 0.2) is 18.2 Å². The number of carbonyl (C=O) groups is 1. The molecular formula is C10H10ClNO2. The molecule has 74 valence electrons. The van der Waals surface area contributed by atoms with Crippen LogP contribution in [0.3, 0.4) is 0 Å². The van der Waals surface area contributed by atoms with Crippen molar-refractivity contribution in [3.63, 3.8) is 0 Å². The second-order valence-electron chi connectivity index (χ2n) is 3.38. The molecule has 1 aliphatic rings. The van der Waals surface area contributed by atoms with E-state index in [2.05, 4.69) is 0 Å². The SMILES string of the molecule is O=Cc1ccc(N2CC(O)C2)cc1Cl. The standard InChI is InChI=1S/C10H10ClNO2/c11-10-3-8(2-1-7(10)6-13)12-4-9(14)5-12/h1-3,6,9,14H,4-5H2. The highest BCUT2D eigenvalue weighted by molar-refractivity contribution is 6.33. The first-order valence-corrected chi connectivity index (χ1v) is 4.76. The third-order valence-corrected chi connectivity index (χ3v) is 2.67. The molecule has 0 spiro atoms. The number of nitrogens with zero attached hydrogens (tertiary/aromatic N) is 1. The fourth-order valence-corrected chi connectivity index (χ4v) is 1.69. The van der Waals surface area contributed by atoms with Crippen molar-refractivity contribution in [2.75, 3.05) is 18.0 Å². The van der Waals surface area contributed by atoms with Gasteiger partial charge in [0.05, 0.1) is 11.1 Å². The van der Waals surface area contributed by atoms with E-state index in [-0.39, 0.29) is 6.10 Å². The summed E-state index contributed by atoms with van der Waals surface area (Å²) in [7, 11) is 0. The average molecular weight is 212 g/mol. The third-order valence-electron chi connectivity index (χ3n) is 2.34. The maximum Gasteiger partial charge on any atom is 0.151 e. The highest BCUT2D eigenvalue weighted by atomic mass is 35.5. The highest BCUT2D eigenvalue weighted by Crippen LogP contribution is 2.25. The smallest absolute Gasteiger partial charge is 0.151 e. The summed E-state index contributed by atoms with van der Waals surface area (Å²) in [6.45, 7) is 1.27. The van der Waals surface area contributed by atoms with E-state index < -0.39 is 0 Å². The first kappa shape index (κ1) is 9.49. The lowest BCUT2D eigenvalue weighted by atomic mass is 10.1. The maximum absolute atomic E-state index is 10.5. The molecule has 1 aromatic rings. The van der Waals surface area contributed by atoms with E-state index in [1.165, 1.54) is 0 Å². The zero-order chi connectivity index (χ0) is 10.1. The van der Waals surface area contributed by atoms with Crippen LogP contribution in [0, 0.1) is 0 Å². The fraction of sp³-hybridized carbons (Fsp3) is 0.300. The molecule has 1 N–H and O–H groups in total. The number of β-amino-alcohol motifs (C(OH)–C–C–N with tert-alkyl or cyclic N) is 1. The van der Waals surface area contributed by atoms with Crippen LogP contribution in [0.2, 0.25) is 5.02 Å². The van der Waals surface area contributed by atoms with Crippen molar-refractivity contribution in [3.8, 4) is 0 Å². The van der Waals surface area contributed by atoms with Crippen molar-refractivity contribution in [3.05, 3.63) is 28.8 Å². The van der Waals surface area contributed by atoms with Crippen LogP contribution < -0.4 is 4.90 Å². The van der Waals surface area contributed by atoms with Gasteiger partial charge in [0.15, 0.2) is 6.29 Å². The number of aldehydes is 1. The number of halogens is 1. The average Bonchev–Trinajstić information content (AvgIpc) is 2.13. The van der Waals surface area contributed by atoms with Gasteiger partial charge in [-0.2, -0.15) is 0 Å². The summed E-state index contributed by atoms with van der Waals surface area (Å²) < 4.78 is 0. The zero-order valence-corrected chi connectivity index (χ0v) is 8.24. The lowest BCUT2D eigenvalue weighted by Gasteiger charge is -2.38. The Morgan fingerprint density at radius 2 is 2.21 bits per heavy atom. The topological polar surface area (TPSA) is 40.5 Å². The van der Waals surface area contributed by atoms with E-state index in [1.54, 1.807) is 12.1 Å². The maximum atomic E-state index is 10.5. The first-order chi connectivity index (χ1) is 6.70. The van der Waals surface area contributed by atoms with Gasteiger partial charge in [-0.25, -0.2) is 0 Å². The van der Waals surface area contributed by atoms with Crippen LogP contribution in [0.25, 0.3) is 0 Å². The Kier molecular flexibility index (Phi) is 2.44. The molecule has 1 heterocycles. The van der Waals surface area contributed by atoms with Crippen LogP contribution in [0.4, 0.5) is 5.69 Å². The lowest BCUT2D eigenvalue weighted by molar-refractivity contribution is 0.112. The van der Waals surface area contributed by atoms with Crippen molar-refractivity contribution >= 4 is 23.6 Å². The van der Waals surface area contributed by atoms with E-state index in [0.717, 1.165) is 12.0 Å². The lowest BCUT2D eigenvalue weighted by Crippen LogP contribution is -2.50. The molecule has 1 fully saturated rings. The summed E-state index contributed by atoms with van der Waals surface area (Å²) in [6, 6.07) is 5.27. The van der Waals surface area contributed by atoms with Crippen LogP contribution in [-0.4, -0.2) is 30.6 Å². The van der Waals surface area contributed by atoms with Crippen molar-refractivity contribution in [1.82, 2.24) is 0 Å². The predicted molar refractivity (Wildman–Crippen MR) is 55.1 cm³/mol. The van der Waals surface area contributed by atoms with E-state index in [1.807, 2.05) is 11.0 Å². The van der Waals surface area contributed by atoms with Gasteiger partial charge < -0.3 is 10.0 Å². The minimum Gasteiger partial charge on any atom is -0.389 e. The van der Waals surface area contributed by atoms with Gasteiger partial charge >= 0.3 is 0 Å². The van der Waals surface area contributed by atoms with Crippen molar-refractivity contribution in [1.29, 1.82) is 0 Å². The summed E-state index contributed by atoms with van der Waals surface area (Å²) in [5.41, 5.74) is 1.45. The van der Waals surface area contributed by atoms with Gasteiger partial charge in [0.1, 0.15) is 0 Å². The molecule has 3 nitrogen and oxygen atoms in total. The minimum absolute atomic E-state index is 0.237. The van der Waals surface area contributed by atoms with Crippen molar-refractivity contribution in [2.45, 2.75) is 6.10 Å². The van der Waals surface area contributed by atoms with Gasteiger partial charge in [-0.1, -0.05) is 11.6 Å². The number of aliphatic hydroxyl groups excluding tert-OH is 1. The molecule has 0 saturated carbocycles. The van der Waals surface area contributed by atoms with Crippen LogP contribution >= 0.6 is 11.6 Å². The van der Waals surface area contributed by atoms with Gasteiger partial charge in [-0.3, -0.25) is 4.79 Å². The molecular weight excluding hydrogens is 202 g/mol. The summed E-state index contributed by atoms with van der Waals surface area (Å²) >= 11 is 5.87. The van der Waals surface area contributed by atoms with Gasteiger partial charge in [0, 0.05) is 24.3 Å². The van der Waals surface area contributed by atoms with Crippen LogP contribution in [0.5, 0.6) is 0 Å². The number of anilines is 1. The van der Waals surface area contributed by atoms with Crippen molar-refractivity contribution < 1.29 is 9.90 Å². The second-order valence-corrected chi connectivity index (χ2v) is 3.79. The first-order valence-electron chi connectivity index (χ1n) is 4.38. The largest absolute Gasteiger partial charge is 0.389 e. The Labute approximate surface area is 86.9 Å². The molecule has 0 aliphatic carbocycles. The monoisotopic (exact) mass is 211 g/mol. The van der Waals surface area contributed by atoms with Gasteiger partial charge in [-0.15, -0.1) is 0 Å². The Morgan fingerprint density at radius 1 is 1.50 bits per heavy atom. The summed E-state index contributed by atoms with van der Waals surface area (Å²) in [5, 5.41) is 9.58. The highest BCUT2D eigenvalue weighted by Gasteiger charge is 2.24. The van der Waals surface area contributed by atoms with E-state index >= 15 is 0 Å². The number of rotatable bonds is 2. The van der Waals surface area contributed by atoms with E-state index in [9.17, 15) is 4.79 Å². The molecule has 0 bridgehead atoms. The van der Waals surface area contributed by atoms with Gasteiger partial charge in [-0.05, 0) is 18.2 Å². The third kappa shape index (κ3) is 1.61. The fourth-order valence-electron chi connectivity index (χ4n) is 1.47. The molecule has 1 aromatic carbocycles. The molecule has 2 rings (SSSR count). The molecule has 0 atom stereocenters. The summed E-state index contributed by atoms with van der Waals surface area (Å²) in [4.78, 5) is 12.5. The van der Waals surface area contributed by atoms with Crippen molar-refractivity contribution in [2.24, 2.45) is 0 Å². The summed E-state index contributed by atoms with van der Waals surface area (Å²) in [6.07, 6.45) is 0.497. The molecule has 0 unspecified atom stereocenters. The molecule has 0 amide bonds. The molecule has 0 radical (unpaired) electrons. The van der Waals surface area contributed by atoms with Gasteiger partial charge in [0.2, 0.25) is 0 Å². The molecule has 1 aliphatic heterocycles. The Hall–Kier alpha value is -1.06. The summed E-state index contributed by atoms with van der Waals surface area (Å²) in [5.74, 6) is 0. The number of hydrogen-bond donors (Lipinski definition) is 1. The molecule has 4 heteroatoms. The molecule has 0 aromatic heterocycles. The molecule has 1 saturated heterocycles. The zero-order valence-electron chi connectivity index (χ0n) is 7.48. The minimum atomic E-state index is -0.237. The quantitative estimate of drug-likeness (QED) is 0.751. The van der Waals surface area contributed by atoms with Crippen LogP contribution in [-0.2, 0) is 0 Å². The Morgan fingerprint density at radius 3 is 2.71 bits per heavy atom. The Balaban J connectivity index is 2.20. The number of benzene rings is 1. The second kappa shape index (κ2) is 3.59. The number of carbonyl (C=O) groups excluding carboxylic acids is 1.